The number of aromatic nitrogens is 4. The second kappa shape index (κ2) is 6.97. The van der Waals surface area contributed by atoms with Crippen LogP contribution in [0.2, 0.25) is 0 Å². The molecule has 24 heavy (non-hydrogen) atoms. The lowest BCUT2D eigenvalue weighted by Gasteiger charge is -2.20. The van der Waals surface area contributed by atoms with Gasteiger partial charge in [0.2, 0.25) is 0 Å². The van der Waals surface area contributed by atoms with Crippen LogP contribution >= 0.6 is 0 Å². The molecule has 6 heteroatoms. The SMILES string of the molecule is COc1ncc(CNC(c2nc3ccc(C)cc3[nH]2)C(C)C)cn1. The lowest BCUT2D eigenvalue weighted by Crippen LogP contribution is -2.26. The van der Waals surface area contributed by atoms with Crippen molar-refractivity contribution in [2.45, 2.75) is 33.4 Å². The first-order valence-electron chi connectivity index (χ1n) is 8.11. The molecule has 0 aliphatic carbocycles. The number of nitrogens with one attached hydrogen (secondary N) is 2. The van der Waals surface area contributed by atoms with Crippen LogP contribution in [0.3, 0.4) is 0 Å². The molecule has 126 valence electrons. The zero-order valence-corrected chi connectivity index (χ0v) is 14.5. The van der Waals surface area contributed by atoms with E-state index in [1.54, 1.807) is 19.5 Å². The van der Waals surface area contributed by atoms with Gasteiger partial charge < -0.3 is 15.0 Å². The van der Waals surface area contributed by atoms with E-state index in [2.05, 4.69) is 59.2 Å². The van der Waals surface area contributed by atoms with Gasteiger partial charge in [0.25, 0.3) is 0 Å². The number of methoxy groups -OCH3 is 1. The molecule has 0 spiro atoms. The van der Waals surface area contributed by atoms with E-state index >= 15 is 0 Å². The lowest BCUT2D eigenvalue weighted by molar-refractivity contribution is 0.376. The molecule has 3 aromatic rings. The first-order chi connectivity index (χ1) is 11.6. The van der Waals surface area contributed by atoms with Gasteiger partial charge in [-0.1, -0.05) is 19.9 Å². The number of aromatic amines is 1. The van der Waals surface area contributed by atoms with Crippen LogP contribution in [0.15, 0.2) is 30.6 Å². The van der Waals surface area contributed by atoms with Crippen molar-refractivity contribution in [3.63, 3.8) is 0 Å². The number of hydrogen-bond donors (Lipinski definition) is 2. The van der Waals surface area contributed by atoms with Crippen LogP contribution < -0.4 is 10.1 Å². The van der Waals surface area contributed by atoms with Crippen LogP contribution in [0, 0.1) is 12.8 Å². The van der Waals surface area contributed by atoms with Gasteiger partial charge in [-0.15, -0.1) is 0 Å². The van der Waals surface area contributed by atoms with Crippen molar-refractivity contribution in [2.75, 3.05) is 7.11 Å². The first-order valence-corrected chi connectivity index (χ1v) is 8.11. The summed E-state index contributed by atoms with van der Waals surface area (Å²) in [4.78, 5) is 16.5. The Hall–Kier alpha value is -2.47. The molecule has 0 bridgehead atoms. The summed E-state index contributed by atoms with van der Waals surface area (Å²) in [6.45, 7) is 7.12. The average molecular weight is 325 g/mol. The minimum Gasteiger partial charge on any atom is -0.467 e. The Morgan fingerprint density at radius 2 is 1.96 bits per heavy atom. The van der Waals surface area contributed by atoms with Gasteiger partial charge in [0.05, 0.1) is 24.2 Å². The molecule has 0 radical (unpaired) electrons. The van der Waals surface area contributed by atoms with Crippen molar-refractivity contribution >= 4 is 11.0 Å². The second-order valence-electron chi connectivity index (χ2n) is 6.32. The van der Waals surface area contributed by atoms with Crippen molar-refractivity contribution in [3.8, 4) is 6.01 Å². The number of benzene rings is 1. The van der Waals surface area contributed by atoms with E-state index in [9.17, 15) is 0 Å². The third kappa shape index (κ3) is 3.54. The molecular formula is C18H23N5O. The van der Waals surface area contributed by atoms with Crippen LogP contribution in [0.5, 0.6) is 6.01 Å². The monoisotopic (exact) mass is 325 g/mol. The van der Waals surface area contributed by atoms with Gasteiger partial charge in [0.15, 0.2) is 0 Å². The molecular weight excluding hydrogens is 302 g/mol. The van der Waals surface area contributed by atoms with Gasteiger partial charge >= 0.3 is 6.01 Å². The number of imidazole rings is 1. The number of hydrogen-bond acceptors (Lipinski definition) is 5. The highest BCUT2D eigenvalue weighted by atomic mass is 16.5. The van der Waals surface area contributed by atoms with E-state index in [-0.39, 0.29) is 6.04 Å². The van der Waals surface area contributed by atoms with E-state index < -0.39 is 0 Å². The Morgan fingerprint density at radius 3 is 2.62 bits per heavy atom. The number of fused-ring (bicyclic) bond motifs is 1. The molecule has 0 aliphatic rings. The van der Waals surface area contributed by atoms with Crippen molar-refractivity contribution in [1.29, 1.82) is 0 Å². The second-order valence-corrected chi connectivity index (χ2v) is 6.32. The van der Waals surface area contributed by atoms with Crippen molar-refractivity contribution in [1.82, 2.24) is 25.3 Å². The summed E-state index contributed by atoms with van der Waals surface area (Å²) in [6, 6.07) is 6.77. The fourth-order valence-corrected chi connectivity index (χ4v) is 2.71. The standard InChI is InChI=1S/C18H23N5O/c1-11(2)16(19-8-13-9-20-18(24-4)21-10-13)17-22-14-6-5-12(3)7-15(14)23-17/h5-7,9-11,16,19H,8H2,1-4H3,(H,22,23). The highest BCUT2D eigenvalue weighted by Crippen LogP contribution is 2.23. The summed E-state index contributed by atoms with van der Waals surface area (Å²) in [5.41, 5.74) is 4.30. The minimum absolute atomic E-state index is 0.125. The van der Waals surface area contributed by atoms with Crippen LogP contribution in [-0.2, 0) is 6.54 Å². The quantitative estimate of drug-likeness (QED) is 0.728. The topological polar surface area (TPSA) is 75.7 Å². The molecule has 0 amide bonds. The predicted molar refractivity (Wildman–Crippen MR) is 93.8 cm³/mol. The van der Waals surface area contributed by atoms with Crippen molar-refractivity contribution in [3.05, 3.63) is 47.5 Å². The summed E-state index contributed by atoms with van der Waals surface area (Å²) in [6.07, 6.45) is 3.55. The molecule has 2 heterocycles. The molecule has 0 aliphatic heterocycles. The Bertz CT molecular complexity index is 810. The number of H-pyrrole nitrogens is 1. The van der Waals surface area contributed by atoms with Crippen molar-refractivity contribution in [2.24, 2.45) is 5.92 Å². The maximum absolute atomic E-state index is 4.99. The third-order valence-corrected chi connectivity index (χ3v) is 4.01. The minimum atomic E-state index is 0.125. The zero-order valence-electron chi connectivity index (χ0n) is 14.5. The van der Waals surface area contributed by atoms with E-state index in [1.807, 2.05) is 0 Å². The third-order valence-electron chi connectivity index (χ3n) is 4.01. The average Bonchev–Trinajstić information content (AvgIpc) is 2.98. The molecule has 2 aromatic heterocycles. The largest absolute Gasteiger partial charge is 0.467 e. The highest BCUT2D eigenvalue weighted by Gasteiger charge is 2.19. The van der Waals surface area contributed by atoms with Gasteiger partial charge in [-0.25, -0.2) is 15.0 Å². The maximum Gasteiger partial charge on any atom is 0.316 e. The summed E-state index contributed by atoms with van der Waals surface area (Å²) in [7, 11) is 1.56. The molecule has 0 fully saturated rings. The van der Waals surface area contributed by atoms with Gasteiger partial charge in [-0.3, -0.25) is 0 Å². The van der Waals surface area contributed by atoms with E-state index in [1.165, 1.54) is 5.56 Å². The van der Waals surface area contributed by atoms with E-state index in [0.717, 1.165) is 22.4 Å². The van der Waals surface area contributed by atoms with Gasteiger partial charge in [-0.05, 0) is 30.5 Å². The summed E-state index contributed by atoms with van der Waals surface area (Å²) < 4.78 is 4.99. The number of ether oxygens (including phenoxy) is 1. The smallest absolute Gasteiger partial charge is 0.316 e. The fraction of sp³-hybridized carbons (Fsp3) is 0.389. The molecule has 2 N–H and O–H groups in total. The summed E-state index contributed by atoms with van der Waals surface area (Å²) in [5, 5.41) is 3.55. The van der Waals surface area contributed by atoms with Crippen LogP contribution in [-0.4, -0.2) is 27.0 Å². The van der Waals surface area contributed by atoms with E-state index in [0.29, 0.717) is 18.5 Å². The molecule has 1 atom stereocenters. The summed E-state index contributed by atoms with van der Waals surface area (Å²) >= 11 is 0. The first kappa shape index (κ1) is 16.4. The zero-order chi connectivity index (χ0) is 17.1. The Kier molecular flexibility index (Phi) is 4.76. The van der Waals surface area contributed by atoms with Crippen LogP contribution in [0.25, 0.3) is 11.0 Å². The number of aryl methyl sites for hydroxylation is 1. The van der Waals surface area contributed by atoms with Gasteiger partial charge in [-0.2, -0.15) is 0 Å². The molecule has 1 unspecified atom stereocenters. The normalized spacial score (nSPS) is 12.7. The Balaban J connectivity index is 1.77. The predicted octanol–water partition coefficient (Wildman–Crippen LogP) is 3.16. The fourth-order valence-electron chi connectivity index (χ4n) is 2.71. The summed E-state index contributed by atoms with van der Waals surface area (Å²) in [5.74, 6) is 1.35. The molecule has 6 nitrogen and oxygen atoms in total. The molecule has 0 saturated heterocycles. The molecule has 3 rings (SSSR count). The Morgan fingerprint density at radius 1 is 1.21 bits per heavy atom. The number of nitrogens with zero attached hydrogens (tertiary/aromatic N) is 3. The van der Waals surface area contributed by atoms with E-state index in [4.69, 9.17) is 9.72 Å². The van der Waals surface area contributed by atoms with Crippen LogP contribution in [0.4, 0.5) is 0 Å². The van der Waals surface area contributed by atoms with Crippen LogP contribution in [0.1, 0.15) is 36.8 Å². The highest BCUT2D eigenvalue weighted by molar-refractivity contribution is 5.75. The van der Waals surface area contributed by atoms with Crippen molar-refractivity contribution < 1.29 is 4.74 Å². The molecule has 0 saturated carbocycles. The Labute approximate surface area is 141 Å². The van der Waals surface area contributed by atoms with Gasteiger partial charge in [0.1, 0.15) is 5.82 Å². The number of rotatable bonds is 6. The lowest BCUT2D eigenvalue weighted by atomic mass is 10.0. The van der Waals surface area contributed by atoms with Gasteiger partial charge in [0, 0.05) is 24.5 Å². The maximum atomic E-state index is 4.99. The molecule has 1 aromatic carbocycles.